The van der Waals surface area contributed by atoms with Crippen LogP contribution in [0.25, 0.3) is 22.8 Å². The smallest absolute Gasteiger partial charge is 0.270 e. The lowest BCUT2D eigenvalue weighted by atomic mass is 10.1. The number of non-ortho nitro benzene ring substituents is 1. The van der Waals surface area contributed by atoms with Crippen molar-refractivity contribution < 1.29 is 14.2 Å². The van der Waals surface area contributed by atoms with Gasteiger partial charge in [-0.05, 0) is 30.3 Å². The van der Waals surface area contributed by atoms with Gasteiger partial charge < -0.3 is 9.84 Å². The number of hydrogen-bond acceptors (Lipinski definition) is 6. The zero-order valence-electron chi connectivity index (χ0n) is 15.0. The number of carbonyl (C=O) groups excluding carboxylic acids is 1. The van der Waals surface area contributed by atoms with Gasteiger partial charge in [-0.1, -0.05) is 41.6 Å². The summed E-state index contributed by atoms with van der Waals surface area (Å²) in [4.78, 5) is 27.0. The lowest BCUT2D eigenvalue weighted by Gasteiger charge is -2.05. The minimum Gasteiger partial charge on any atom is -0.334 e. The van der Waals surface area contributed by atoms with Crippen molar-refractivity contribution in [3.8, 4) is 22.8 Å². The van der Waals surface area contributed by atoms with Crippen LogP contribution in [0.4, 0.5) is 11.4 Å². The van der Waals surface area contributed by atoms with Crippen LogP contribution in [-0.4, -0.2) is 21.0 Å². The quantitative estimate of drug-likeness (QED) is 0.397. The number of hydrogen-bond donors (Lipinski definition) is 1. The summed E-state index contributed by atoms with van der Waals surface area (Å²) in [6.45, 7) is 0. The lowest BCUT2D eigenvalue weighted by molar-refractivity contribution is -0.384. The zero-order chi connectivity index (χ0) is 20.2. The molecule has 8 nitrogen and oxygen atoms in total. The van der Waals surface area contributed by atoms with Crippen LogP contribution in [0.15, 0.2) is 83.4 Å². The Balaban J connectivity index is 1.48. The van der Waals surface area contributed by atoms with E-state index in [4.69, 9.17) is 4.52 Å². The first-order valence-electron chi connectivity index (χ1n) is 8.65. The lowest BCUT2D eigenvalue weighted by Crippen LogP contribution is -2.11. The van der Waals surface area contributed by atoms with Crippen LogP contribution in [0.5, 0.6) is 0 Å². The highest BCUT2D eigenvalue weighted by Gasteiger charge is 2.13. The van der Waals surface area contributed by atoms with Crippen molar-refractivity contribution in [3.05, 3.63) is 94.5 Å². The maximum atomic E-state index is 12.3. The Morgan fingerprint density at radius 1 is 0.931 bits per heavy atom. The summed E-state index contributed by atoms with van der Waals surface area (Å²) in [6.07, 6.45) is 0. The largest absolute Gasteiger partial charge is 0.334 e. The van der Waals surface area contributed by atoms with Crippen molar-refractivity contribution in [2.45, 2.75) is 0 Å². The highest BCUT2D eigenvalue weighted by Crippen LogP contribution is 2.24. The van der Waals surface area contributed by atoms with Gasteiger partial charge in [0.25, 0.3) is 17.5 Å². The maximum absolute atomic E-state index is 12.3. The summed E-state index contributed by atoms with van der Waals surface area (Å²) in [5.74, 6) is 0.412. The molecule has 1 N–H and O–H groups in total. The Morgan fingerprint density at radius 3 is 2.41 bits per heavy atom. The normalized spacial score (nSPS) is 10.5. The van der Waals surface area contributed by atoms with Gasteiger partial charge in [-0.25, -0.2) is 0 Å². The van der Waals surface area contributed by atoms with Crippen molar-refractivity contribution in [3.63, 3.8) is 0 Å². The predicted octanol–water partition coefficient (Wildman–Crippen LogP) is 4.56. The number of nitro groups is 1. The van der Waals surface area contributed by atoms with Crippen molar-refractivity contribution in [2.75, 3.05) is 5.32 Å². The molecule has 0 radical (unpaired) electrons. The van der Waals surface area contributed by atoms with Gasteiger partial charge in [-0.2, -0.15) is 4.98 Å². The number of benzene rings is 3. The molecule has 0 bridgehead atoms. The Hall–Kier alpha value is -4.33. The second kappa shape index (κ2) is 7.73. The predicted molar refractivity (Wildman–Crippen MR) is 106 cm³/mol. The van der Waals surface area contributed by atoms with Gasteiger partial charge in [-0.15, -0.1) is 0 Å². The number of carbonyl (C=O) groups is 1. The monoisotopic (exact) mass is 386 g/mol. The number of anilines is 1. The van der Waals surface area contributed by atoms with E-state index in [1.165, 1.54) is 24.3 Å². The molecule has 0 aliphatic carbocycles. The molecule has 8 heteroatoms. The molecule has 142 valence electrons. The first-order chi connectivity index (χ1) is 14.1. The maximum Gasteiger partial charge on any atom is 0.270 e. The van der Waals surface area contributed by atoms with E-state index in [1.807, 2.05) is 30.3 Å². The average Bonchev–Trinajstić information content (AvgIpc) is 3.25. The summed E-state index contributed by atoms with van der Waals surface area (Å²) in [7, 11) is 0. The Kier molecular flexibility index (Phi) is 4.81. The Bertz CT molecular complexity index is 1170. The minimum atomic E-state index is -0.542. The van der Waals surface area contributed by atoms with E-state index in [9.17, 15) is 14.9 Å². The third kappa shape index (κ3) is 4.01. The van der Waals surface area contributed by atoms with Crippen LogP contribution >= 0.6 is 0 Å². The number of rotatable bonds is 5. The number of nitrogens with zero attached hydrogens (tertiary/aromatic N) is 3. The first kappa shape index (κ1) is 18.1. The van der Waals surface area contributed by atoms with Crippen molar-refractivity contribution in [1.82, 2.24) is 10.1 Å². The molecule has 0 unspecified atom stereocenters. The fraction of sp³-hybridized carbons (Fsp3) is 0. The van der Waals surface area contributed by atoms with Gasteiger partial charge in [0.2, 0.25) is 5.82 Å². The molecule has 4 rings (SSSR count). The van der Waals surface area contributed by atoms with Gasteiger partial charge in [-0.3, -0.25) is 14.9 Å². The molecular weight excluding hydrogens is 372 g/mol. The van der Waals surface area contributed by atoms with Gasteiger partial charge in [0.15, 0.2) is 0 Å². The molecule has 29 heavy (non-hydrogen) atoms. The highest BCUT2D eigenvalue weighted by atomic mass is 16.6. The van der Waals surface area contributed by atoms with Crippen LogP contribution in [0.2, 0.25) is 0 Å². The van der Waals surface area contributed by atoms with Crippen LogP contribution in [0, 0.1) is 10.1 Å². The molecule has 0 aliphatic rings. The van der Waals surface area contributed by atoms with E-state index in [1.54, 1.807) is 24.3 Å². The van der Waals surface area contributed by atoms with Crippen molar-refractivity contribution in [2.24, 2.45) is 0 Å². The Labute approximate surface area is 165 Å². The van der Waals surface area contributed by atoms with Gasteiger partial charge in [0.05, 0.1) is 4.92 Å². The molecule has 1 aromatic heterocycles. The standard InChI is InChI=1S/C21H14N4O4/c26-20(16-7-4-8-18(13-16)25(27)28)22-17-11-9-15(10-12-17)21-23-19(24-29-21)14-5-2-1-3-6-14/h1-13H,(H,22,26). The second-order valence-corrected chi connectivity index (χ2v) is 6.13. The summed E-state index contributed by atoms with van der Waals surface area (Å²) in [5, 5.41) is 17.5. The third-order valence-electron chi connectivity index (χ3n) is 4.17. The molecule has 0 saturated carbocycles. The van der Waals surface area contributed by atoms with Crippen LogP contribution in [0.1, 0.15) is 10.4 Å². The van der Waals surface area contributed by atoms with E-state index in [2.05, 4.69) is 15.5 Å². The average molecular weight is 386 g/mol. The zero-order valence-corrected chi connectivity index (χ0v) is 15.0. The molecular formula is C21H14N4O4. The number of amides is 1. The molecule has 0 atom stereocenters. The molecule has 1 amide bonds. The van der Waals surface area contributed by atoms with Gasteiger partial charge in [0.1, 0.15) is 0 Å². The molecule has 0 saturated heterocycles. The van der Waals surface area contributed by atoms with Crippen molar-refractivity contribution >= 4 is 17.3 Å². The highest BCUT2D eigenvalue weighted by molar-refractivity contribution is 6.04. The van der Waals surface area contributed by atoms with Crippen molar-refractivity contribution in [1.29, 1.82) is 0 Å². The van der Waals surface area contributed by atoms with E-state index in [0.29, 0.717) is 23.0 Å². The minimum absolute atomic E-state index is 0.140. The molecule has 0 spiro atoms. The molecule has 0 aliphatic heterocycles. The van der Waals surface area contributed by atoms with E-state index < -0.39 is 10.8 Å². The summed E-state index contributed by atoms with van der Waals surface area (Å²) < 4.78 is 5.32. The van der Waals surface area contributed by atoms with Gasteiger partial charge in [0, 0.05) is 34.5 Å². The SMILES string of the molecule is O=C(Nc1ccc(-c2nc(-c3ccccc3)no2)cc1)c1cccc([N+](=O)[O-])c1. The molecule has 4 aromatic rings. The van der Waals surface area contributed by atoms with E-state index in [-0.39, 0.29) is 11.3 Å². The van der Waals surface area contributed by atoms with Gasteiger partial charge >= 0.3 is 0 Å². The van der Waals surface area contributed by atoms with E-state index >= 15 is 0 Å². The summed E-state index contributed by atoms with van der Waals surface area (Å²) >= 11 is 0. The second-order valence-electron chi connectivity index (χ2n) is 6.13. The van der Waals surface area contributed by atoms with E-state index in [0.717, 1.165) is 5.56 Å². The molecule has 3 aromatic carbocycles. The number of nitro benzene ring substituents is 1. The fourth-order valence-electron chi connectivity index (χ4n) is 2.71. The summed E-state index contributed by atoms with van der Waals surface area (Å²) in [5.41, 5.74) is 2.15. The summed E-state index contributed by atoms with van der Waals surface area (Å²) in [6, 6.07) is 21.9. The number of nitrogens with one attached hydrogen (secondary N) is 1. The van der Waals surface area contributed by atoms with Crippen LogP contribution in [0.3, 0.4) is 0 Å². The molecule has 1 heterocycles. The van der Waals surface area contributed by atoms with Crippen LogP contribution in [-0.2, 0) is 0 Å². The first-order valence-corrected chi connectivity index (χ1v) is 8.65. The molecule has 0 fully saturated rings. The van der Waals surface area contributed by atoms with Crippen LogP contribution < -0.4 is 5.32 Å². The topological polar surface area (TPSA) is 111 Å². The Morgan fingerprint density at radius 2 is 1.69 bits per heavy atom. The fourth-order valence-corrected chi connectivity index (χ4v) is 2.71. The number of aromatic nitrogens is 2. The third-order valence-corrected chi connectivity index (χ3v) is 4.17.